The van der Waals surface area contributed by atoms with Gasteiger partial charge in [0.25, 0.3) is 0 Å². The van der Waals surface area contributed by atoms with E-state index in [4.69, 9.17) is 9.31 Å². The van der Waals surface area contributed by atoms with E-state index < -0.39 is 18.3 Å². The Labute approximate surface area is 316 Å². The molecule has 0 unspecified atom stereocenters. The molecule has 0 spiro atoms. The third-order valence-electron chi connectivity index (χ3n) is 10.3. The predicted octanol–water partition coefficient (Wildman–Crippen LogP) is 12.9. The Morgan fingerprint density at radius 3 is 1.26 bits per heavy atom. The molecule has 5 heteroatoms. The monoisotopic (exact) mass is 700 g/mol. The number of para-hydroxylation sites is 3. The summed E-state index contributed by atoms with van der Waals surface area (Å²) in [5.41, 5.74) is 9.65. The summed E-state index contributed by atoms with van der Waals surface area (Å²) in [6, 6.07) is 50.3. The highest BCUT2D eigenvalue weighted by Gasteiger charge is 2.51. The summed E-state index contributed by atoms with van der Waals surface area (Å²) in [5.74, 6) is 0. The molecular formula is C48H53BN2O2. The lowest BCUT2D eigenvalue weighted by atomic mass is 9.78. The van der Waals surface area contributed by atoms with E-state index in [1.807, 2.05) is 41.5 Å². The van der Waals surface area contributed by atoms with Gasteiger partial charge >= 0.3 is 7.12 Å². The maximum Gasteiger partial charge on any atom is 0.494 e. The van der Waals surface area contributed by atoms with E-state index in [0.717, 1.165) is 16.7 Å². The summed E-state index contributed by atoms with van der Waals surface area (Å²) in [4.78, 5) is 0. The van der Waals surface area contributed by atoms with E-state index in [-0.39, 0.29) is 0 Å². The van der Waals surface area contributed by atoms with Gasteiger partial charge in [0.05, 0.1) is 33.3 Å². The number of hydrogen-bond acceptors (Lipinski definition) is 2. The molecule has 0 atom stereocenters. The molecule has 6 aromatic carbocycles. The van der Waals surface area contributed by atoms with Crippen LogP contribution in [0, 0.1) is 0 Å². The van der Waals surface area contributed by atoms with Gasteiger partial charge in [0, 0.05) is 32.9 Å². The maximum absolute atomic E-state index is 6.47. The normalized spacial score (nSPS) is 14.3. The summed E-state index contributed by atoms with van der Waals surface area (Å²) in [5, 5.41) is 4.88. The third kappa shape index (κ3) is 6.58. The number of nitrogens with zero attached hydrogens (tertiary/aromatic N) is 2. The lowest BCUT2D eigenvalue weighted by Gasteiger charge is -2.32. The molecule has 1 aliphatic rings. The highest BCUT2D eigenvalue weighted by molar-refractivity contribution is 6.62. The van der Waals surface area contributed by atoms with E-state index in [9.17, 15) is 0 Å². The van der Waals surface area contributed by atoms with Gasteiger partial charge in [0.15, 0.2) is 0 Å². The molecule has 0 aliphatic carbocycles. The van der Waals surface area contributed by atoms with Crippen molar-refractivity contribution in [3.63, 3.8) is 0 Å². The van der Waals surface area contributed by atoms with Gasteiger partial charge in [0.2, 0.25) is 0 Å². The minimum absolute atomic E-state index is 0.403. The number of aromatic nitrogens is 2. The zero-order chi connectivity index (χ0) is 37.9. The van der Waals surface area contributed by atoms with Crippen molar-refractivity contribution in [1.82, 2.24) is 9.13 Å². The standard InChI is InChI=1S/C42H35BN2O2.3C2H6/c1-41(2)42(3,4)47-43(46-41)30-21-24-40-36(27-30)35-26-29(20-23-39(35)45(40)32-15-9-6-10-16-32)28-19-22-38-34(25-28)33-17-11-12-18-37(33)44(38)31-13-7-5-8-14-31;3*1-2/h5-27H,1-4H3;3*1-2H3. The van der Waals surface area contributed by atoms with Crippen LogP contribution in [-0.4, -0.2) is 27.5 Å². The lowest BCUT2D eigenvalue weighted by molar-refractivity contribution is 0.00578. The molecule has 1 fully saturated rings. The van der Waals surface area contributed by atoms with Gasteiger partial charge in [-0.3, -0.25) is 0 Å². The van der Waals surface area contributed by atoms with Crippen molar-refractivity contribution >= 4 is 56.2 Å². The Morgan fingerprint density at radius 1 is 0.396 bits per heavy atom. The zero-order valence-corrected chi connectivity index (χ0v) is 33.1. The first-order chi connectivity index (χ1) is 25.8. The smallest absolute Gasteiger partial charge is 0.399 e. The molecule has 4 nitrogen and oxygen atoms in total. The van der Waals surface area contributed by atoms with Crippen LogP contribution in [-0.2, 0) is 9.31 Å². The molecule has 3 heterocycles. The molecule has 1 aliphatic heterocycles. The summed E-state index contributed by atoms with van der Waals surface area (Å²) in [7, 11) is -0.424. The van der Waals surface area contributed by atoms with Crippen LogP contribution in [0.2, 0.25) is 0 Å². The summed E-state index contributed by atoms with van der Waals surface area (Å²) in [6.45, 7) is 20.4. The average molecular weight is 701 g/mol. The molecule has 0 saturated carbocycles. The van der Waals surface area contributed by atoms with Crippen LogP contribution < -0.4 is 5.46 Å². The van der Waals surface area contributed by atoms with E-state index >= 15 is 0 Å². The second-order valence-corrected chi connectivity index (χ2v) is 13.7. The minimum atomic E-state index is -0.424. The van der Waals surface area contributed by atoms with E-state index in [2.05, 4.69) is 176 Å². The van der Waals surface area contributed by atoms with Gasteiger partial charge < -0.3 is 18.4 Å². The lowest BCUT2D eigenvalue weighted by Crippen LogP contribution is -2.41. The molecule has 0 radical (unpaired) electrons. The van der Waals surface area contributed by atoms with E-state index in [1.165, 1.54) is 54.9 Å². The van der Waals surface area contributed by atoms with Crippen LogP contribution in [0.1, 0.15) is 69.2 Å². The van der Waals surface area contributed by atoms with Gasteiger partial charge in [-0.25, -0.2) is 0 Å². The Hall–Kier alpha value is -5.10. The quantitative estimate of drug-likeness (QED) is 0.171. The molecule has 53 heavy (non-hydrogen) atoms. The van der Waals surface area contributed by atoms with Gasteiger partial charge in [-0.05, 0) is 105 Å². The Kier molecular flexibility index (Phi) is 11.0. The van der Waals surface area contributed by atoms with Crippen LogP contribution in [0.4, 0.5) is 0 Å². The first-order valence-electron chi connectivity index (χ1n) is 19.4. The zero-order valence-electron chi connectivity index (χ0n) is 33.1. The first kappa shape index (κ1) is 37.7. The molecule has 8 aromatic rings. The molecule has 270 valence electrons. The van der Waals surface area contributed by atoms with Crippen LogP contribution in [0.25, 0.3) is 66.1 Å². The van der Waals surface area contributed by atoms with Crippen molar-refractivity contribution in [2.75, 3.05) is 0 Å². The van der Waals surface area contributed by atoms with Gasteiger partial charge in [0.1, 0.15) is 0 Å². The predicted molar refractivity (Wildman–Crippen MR) is 230 cm³/mol. The number of hydrogen-bond donors (Lipinski definition) is 0. The maximum atomic E-state index is 6.47. The van der Waals surface area contributed by atoms with Crippen molar-refractivity contribution in [2.24, 2.45) is 0 Å². The van der Waals surface area contributed by atoms with Gasteiger partial charge in [-0.2, -0.15) is 0 Å². The molecular weight excluding hydrogens is 647 g/mol. The van der Waals surface area contributed by atoms with E-state index in [0.29, 0.717) is 0 Å². The summed E-state index contributed by atoms with van der Waals surface area (Å²) >= 11 is 0. The highest BCUT2D eigenvalue weighted by atomic mass is 16.7. The van der Waals surface area contributed by atoms with Crippen molar-refractivity contribution in [2.45, 2.75) is 80.4 Å². The second kappa shape index (κ2) is 15.5. The molecule has 2 aromatic heterocycles. The second-order valence-electron chi connectivity index (χ2n) is 13.7. The van der Waals surface area contributed by atoms with Crippen LogP contribution in [0.3, 0.4) is 0 Å². The molecule has 1 saturated heterocycles. The van der Waals surface area contributed by atoms with Gasteiger partial charge in [-0.15, -0.1) is 0 Å². The SMILES string of the molecule is CC.CC.CC.CC1(C)OB(c2ccc3c(c2)c2cc(-c4ccc5c(c4)c4ccccc4n5-c4ccccc4)ccc2n3-c2ccccc2)OC1(C)C. The Bertz CT molecular complexity index is 2460. The van der Waals surface area contributed by atoms with Crippen LogP contribution in [0.15, 0.2) is 140 Å². The fourth-order valence-electron chi connectivity index (χ4n) is 7.21. The van der Waals surface area contributed by atoms with Crippen LogP contribution in [0.5, 0.6) is 0 Å². The molecule has 0 N–H and O–H groups in total. The van der Waals surface area contributed by atoms with Crippen molar-refractivity contribution in [3.8, 4) is 22.5 Å². The Morgan fingerprint density at radius 2 is 0.774 bits per heavy atom. The fraction of sp³-hybridized carbons (Fsp3) is 0.250. The number of benzene rings is 6. The molecule has 0 amide bonds. The van der Waals surface area contributed by atoms with E-state index in [1.54, 1.807) is 0 Å². The summed E-state index contributed by atoms with van der Waals surface area (Å²) in [6.07, 6.45) is 0. The van der Waals surface area contributed by atoms with Crippen LogP contribution >= 0.6 is 0 Å². The Balaban J connectivity index is 0.000000764. The molecule has 9 rings (SSSR count). The third-order valence-corrected chi connectivity index (χ3v) is 10.3. The largest absolute Gasteiger partial charge is 0.494 e. The van der Waals surface area contributed by atoms with Crippen molar-refractivity contribution in [1.29, 1.82) is 0 Å². The van der Waals surface area contributed by atoms with Crippen molar-refractivity contribution in [3.05, 3.63) is 140 Å². The average Bonchev–Trinajstić information content (AvgIpc) is 3.80. The summed E-state index contributed by atoms with van der Waals surface area (Å²) < 4.78 is 17.7. The first-order valence-corrected chi connectivity index (χ1v) is 19.4. The topological polar surface area (TPSA) is 28.3 Å². The number of rotatable bonds is 4. The minimum Gasteiger partial charge on any atom is -0.399 e. The van der Waals surface area contributed by atoms with Crippen molar-refractivity contribution < 1.29 is 9.31 Å². The highest BCUT2D eigenvalue weighted by Crippen LogP contribution is 2.40. The number of fused-ring (bicyclic) bond motifs is 6. The van der Waals surface area contributed by atoms with Gasteiger partial charge in [-0.1, -0.05) is 120 Å². The molecule has 0 bridgehead atoms. The fourth-order valence-corrected chi connectivity index (χ4v) is 7.21.